The van der Waals surface area contributed by atoms with Crippen molar-refractivity contribution in [2.45, 2.75) is 32.1 Å². The van der Waals surface area contributed by atoms with Crippen LogP contribution >= 0.6 is 0 Å². The van der Waals surface area contributed by atoms with Gasteiger partial charge in [0.1, 0.15) is 12.4 Å². The fourth-order valence-corrected chi connectivity index (χ4v) is 3.19. The van der Waals surface area contributed by atoms with Gasteiger partial charge in [-0.3, -0.25) is 4.79 Å². The van der Waals surface area contributed by atoms with Gasteiger partial charge in [0.2, 0.25) is 5.91 Å². The average molecular weight is 289 g/mol. The summed E-state index contributed by atoms with van der Waals surface area (Å²) in [6.07, 6.45) is 4.91. The van der Waals surface area contributed by atoms with Crippen molar-refractivity contribution in [3.8, 4) is 5.75 Å². The molecule has 1 saturated carbocycles. The van der Waals surface area contributed by atoms with Crippen LogP contribution < -0.4 is 10.1 Å². The molecule has 0 atom stereocenters. The third kappa shape index (κ3) is 2.37. The highest BCUT2D eigenvalue weighted by atomic mass is 16.5. The van der Waals surface area contributed by atoms with Crippen LogP contribution in [0.2, 0.25) is 0 Å². The zero-order valence-electron chi connectivity index (χ0n) is 12.1. The number of nitrogens with one attached hydrogen (secondary N) is 1. The maximum absolute atomic E-state index is 12.7. The van der Waals surface area contributed by atoms with Gasteiger partial charge in [-0.05, 0) is 25.0 Å². The van der Waals surface area contributed by atoms with Crippen molar-refractivity contribution in [3.63, 3.8) is 0 Å². The highest BCUT2D eigenvalue weighted by Crippen LogP contribution is 2.42. The van der Waals surface area contributed by atoms with Crippen LogP contribution in [0.4, 0.5) is 5.69 Å². The van der Waals surface area contributed by atoms with E-state index in [1.165, 1.54) is 7.11 Å². The number of hydrogen-bond acceptors (Lipinski definition) is 4. The van der Waals surface area contributed by atoms with Gasteiger partial charge in [0.25, 0.3) is 0 Å². The molecule has 1 heterocycles. The van der Waals surface area contributed by atoms with Crippen molar-refractivity contribution < 1.29 is 19.1 Å². The number of carbonyl (C=O) groups is 2. The molecular formula is C16H19NO4. The maximum atomic E-state index is 12.7. The summed E-state index contributed by atoms with van der Waals surface area (Å²) in [6, 6.07) is 5.13. The Morgan fingerprint density at radius 2 is 2.05 bits per heavy atom. The third-order valence-corrected chi connectivity index (χ3v) is 4.47. The van der Waals surface area contributed by atoms with Gasteiger partial charge in [-0.15, -0.1) is 0 Å². The van der Waals surface area contributed by atoms with E-state index < -0.39 is 11.4 Å². The molecule has 1 aromatic carbocycles. The SMILES string of the molecule is COC(=O)c1cccc2c1NC(=O)C1(CCCCC1)CO2. The quantitative estimate of drug-likeness (QED) is 0.807. The van der Waals surface area contributed by atoms with Crippen molar-refractivity contribution in [2.75, 3.05) is 19.0 Å². The van der Waals surface area contributed by atoms with E-state index in [0.29, 0.717) is 23.6 Å². The number of methoxy groups -OCH3 is 1. The molecule has 5 heteroatoms. The van der Waals surface area contributed by atoms with E-state index in [0.717, 1.165) is 32.1 Å². The first-order valence-corrected chi connectivity index (χ1v) is 7.32. The maximum Gasteiger partial charge on any atom is 0.340 e. The summed E-state index contributed by atoms with van der Waals surface area (Å²) in [5.74, 6) is 0.0151. The number of benzene rings is 1. The van der Waals surface area contributed by atoms with E-state index in [1.807, 2.05) is 0 Å². The molecule has 1 aliphatic carbocycles. The summed E-state index contributed by atoms with van der Waals surface area (Å²) >= 11 is 0. The van der Waals surface area contributed by atoms with Gasteiger partial charge in [-0.1, -0.05) is 25.3 Å². The Morgan fingerprint density at radius 3 is 2.76 bits per heavy atom. The first kappa shape index (κ1) is 13.9. The Kier molecular flexibility index (Phi) is 3.57. The van der Waals surface area contributed by atoms with E-state index in [4.69, 9.17) is 9.47 Å². The molecule has 1 aliphatic heterocycles. The Labute approximate surface area is 123 Å². The van der Waals surface area contributed by atoms with Gasteiger partial charge in [-0.2, -0.15) is 0 Å². The van der Waals surface area contributed by atoms with Gasteiger partial charge >= 0.3 is 5.97 Å². The zero-order valence-corrected chi connectivity index (χ0v) is 12.1. The third-order valence-electron chi connectivity index (χ3n) is 4.47. The minimum absolute atomic E-state index is 0.0442. The Morgan fingerprint density at radius 1 is 1.29 bits per heavy atom. The number of amides is 1. The number of para-hydroxylation sites is 1. The molecule has 1 N–H and O–H groups in total. The lowest BCUT2D eigenvalue weighted by molar-refractivity contribution is -0.128. The monoisotopic (exact) mass is 289 g/mol. The molecule has 1 spiro atoms. The minimum Gasteiger partial charge on any atom is -0.490 e. The molecule has 1 fully saturated rings. The first-order chi connectivity index (χ1) is 10.2. The lowest BCUT2D eigenvalue weighted by Crippen LogP contribution is -2.41. The molecule has 0 bridgehead atoms. The summed E-state index contributed by atoms with van der Waals surface area (Å²) in [5.41, 5.74) is 0.290. The van der Waals surface area contributed by atoms with Crippen LogP contribution in [-0.2, 0) is 9.53 Å². The van der Waals surface area contributed by atoms with E-state index in [2.05, 4.69) is 5.32 Å². The van der Waals surface area contributed by atoms with Crippen LogP contribution in [0, 0.1) is 5.41 Å². The van der Waals surface area contributed by atoms with Crippen LogP contribution in [0.5, 0.6) is 5.75 Å². The first-order valence-electron chi connectivity index (χ1n) is 7.32. The van der Waals surface area contributed by atoms with Crippen LogP contribution in [-0.4, -0.2) is 25.6 Å². The largest absolute Gasteiger partial charge is 0.490 e. The predicted octanol–water partition coefficient (Wildman–Crippen LogP) is 2.75. The number of ether oxygens (including phenoxy) is 2. The van der Waals surface area contributed by atoms with Crippen LogP contribution in [0.15, 0.2) is 18.2 Å². The fourth-order valence-electron chi connectivity index (χ4n) is 3.19. The molecule has 5 nitrogen and oxygen atoms in total. The lowest BCUT2D eigenvalue weighted by atomic mass is 9.74. The topological polar surface area (TPSA) is 64.6 Å². The van der Waals surface area contributed by atoms with Gasteiger partial charge < -0.3 is 14.8 Å². The lowest BCUT2D eigenvalue weighted by Gasteiger charge is -2.33. The molecule has 1 aromatic rings. The smallest absolute Gasteiger partial charge is 0.340 e. The number of esters is 1. The standard InChI is InChI=1S/C16H19NO4/c1-20-14(18)11-6-5-7-12-13(11)17-15(19)16(10-21-12)8-3-2-4-9-16/h5-7H,2-4,8-10H2,1H3,(H,17,19). The molecule has 1 amide bonds. The van der Waals surface area contributed by atoms with Crippen molar-refractivity contribution in [1.29, 1.82) is 0 Å². The highest BCUT2D eigenvalue weighted by molar-refractivity contribution is 6.05. The summed E-state index contributed by atoms with van der Waals surface area (Å²) in [4.78, 5) is 24.5. The predicted molar refractivity (Wildman–Crippen MR) is 77.4 cm³/mol. The molecule has 0 saturated heterocycles. The molecule has 0 aromatic heterocycles. The van der Waals surface area contributed by atoms with Crippen molar-refractivity contribution >= 4 is 17.6 Å². The summed E-state index contributed by atoms with van der Waals surface area (Å²) < 4.78 is 10.6. The molecule has 2 aliphatic rings. The van der Waals surface area contributed by atoms with Gasteiger partial charge in [-0.25, -0.2) is 4.79 Å². The number of anilines is 1. The zero-order chi connectivity index (χ0) is 14.9. The number of hydrogen-bond donors (Lipinski definition) is 1. The molecule has 3 rings (SSSR count). The second-order valence-electron chi connectivity index (χ2n) is 5.75. The Hall–Kier alpha value is -2.04. The van der Waals surface area contributed by atoms with Crippen molar-refractivity contribution in [1.82, 2.24) is 0 Å². The van der Waals surface area contributed by atoms with Crippen LogP contribution in [0.1, 0.15) is 42.5 Å². The van der Waals surface area contributed by atoms with Crippen molar-refractivity contribution in [2.24, 2.45) is 5.41 Å². The molecule has 0 unspecified atom stereocenters. The van der Waals surface area contributed by atoms with E-state index in [1.54, 1.807) is 18.2 Å². The Balaban J connectivity index is 1.97. The second kappa shape index (κ2) is 5.39. The number of carbonyl (C=O) groups excluding carboxylic acids is 2. The summed E-state index contributed by atoms with van der Waals surface area (Å²) in [7, 11) is 1.32. The minimum atomic E-state index is -0.477. The van der Waals surface area contributed by atoms with E-state index >= 15 is 0 Å². The van der Waals surface area contributed by atoms with Gasteiger partial charge in [0.05, 0.1) is 23.8 Å². The molecular weight excluding hydrogens is 270 g/mol. The number of rotatable bonds is 1. The molecule has 0 radical (unpaired) electrons. The van der Waals surface area contributed by atoms with Crippen LogP contribution in [0.3, 0.4) is 0 Å². The molecule has 21 heavy (non-hydrogen) atoms. The van der Waals surface area contributed by atoms with Gasteiger partial charge in [0.15, 0.2) is 0 Å². The fraction of sp³-hybridized carbons (Fsp3) is 0.500. The average Bonchev–Trinajstić information content (AvgIpc) is 2.65. The molecule has 112 valence electrons. The summed E-state index contributed by atoms with van der Waals surface area (Å²) in [6.45, 7) is 0.371. The Bertz CT molecular complexity index is 576. The van der Waals surface area contributed by atoms with Crippen molar-refractivity contribution in [3.05, 3.63) is 23.8 Å². The highest BCUT2D eigenvalue weighted by Gasteiger charge is 2.43. The van der Waals surface area contributed by atoms with E-state index in [9.17, 15) is 9.59 Å². The van der Waals surface area contributed by atoms with Gasteiger partial charge in [0, 0.05) is 0 Å². The summed E-state index contributed by atoms with van der Waals surface area (Å²) in [5, 5.41) is 2.90. The number of fused-ring (bicyclic) bond motifs is 1. The van der Waals surface area contributed by atoms with E-state index in [-0.39, 0.29) is 5.91 Å². The second-order valence-corrected chi connectivity index (χ2v) is 5.75. The normalized spacial score (nSPS) is 20.0. The van der Waals surface area contributed by atoms with Crippen LogP contribution in [0.25, 0.3) is 0 Å².